The summed E-state index contributed by atoms with van der Waals surface area (Å²) in [7, 11) is 0. The van der Waals surface area contributed by atoms with Gasteiger partial charge in [-0.05, 0) is 6.07 Å². The van der Waals surface area contributed by atoms with Gasteiger partial charge in [0.15, 0.2) is 0 Å². The number of hydrogen-bond donors (Lipinski definition) is 2. The van der Waals surface area contributed by atoms with Gasteiger partial charge in [-0.1, -0.05) is 18.2 Å². The van der Waals surface area contributed by atoms with Crippen LogP contribution in [0, 0.1) is 0 Å². The number of carboxylic acids is 1. The van der Waals surface area contributed by atoms with Crippen molar-refractivity contribution >= 4 is 16.9 Å². The summed E-state index contributed by atoms with van der Waals surface area (Å²) in [5.74, 6) is -0.0550. The van der Waals surface area contributed by atoms with Crippen molar-refractivity contribution in [1.29, 1.82) is 0 Å². The van der Waals surface area contributed by atoms with Crippen LogP contribution in [0.4, 0.5) is 0 Å². The molecule has 19 heavy (non-hydrogen) atoms. The van der Waals surface area contributed by atoms with Crippen LogP contribution in [0.3, 0.4) is 0 Å². The third-order valence-electron chi connectivity index (χ3n) is 3.11. The molecule has 2 N–H and O–H groups in total. The van der Waals surface area contributed by atoms with Gasteiger partial charge in [-0.15, -0.1) is 0 Å². The van der Waals surface area contributed by atoms with Gasteiger partial charge in [0.1, 0.15) is 5.82 Å². The molecule has 3 aromatic rings. The molecular formula is C14H13N3O2. The Bertz CT molecular complexity index is 727. The number of rotatable bonds is 4. The van der Waals surface area contributed by atoms with Crippen LogP contribution in [0.5, 0.6) is 0 Å². The van der Waals surface area contributed by atoms with Crippen LogP contribution in [0.1, 0.15) is 12.2 Å². The monoisotopic (exact) mass is 255 g/mol. The quantitative estimate of drug-likeness (QED) is 0.751. The fourth-order valence-electron chi connectivity index (χ4n) is 2.21. The number of H-pyrrole nitrogens is 1. The lowest BCUT2D eigenvalue weighted by Gasteiger charge is -2.05. The first kappa shape index (κ1) is 11.5. The second kappa shape index (κ2) is 4.61. The predicted molar refractivity (Wildman–Crippen MR) is 71.4 cm³/mol. The molecule has 0 bridgehead atoms. The second-order valence-electron chi connectivity index (χ2n) is 4.33. The van der Waals surface area contributed by atoms with Crippen LogP contribution < -0.4 is 0 Å². The molecule has 0 spiro atoms. The fraction of sp³-hybridized carbons (Fsp3) is 0.143. The van der Waals surface area contributed by atoms with E-state index in [4.69, 9.17) is 5.11 Å². The number of aromatic nitrogens is 3. The summed E-state index contributed by atoms with van der Waals surface area (Å²) in [4.78, 5) is 18.1. The Balaban J connectivity index is 2.02. The molecule has 1 aromatic carbocycles. The number of aromatic amines is 1. The number of carbonyl (C=O) groups is 1. The highest BCUT2D eigenvalue weighted by Gasteiger charge is 2.10. The number of aryl methyl sites for hydroxylation is 1. The third kappa shape index (κ3) is 2.10. The van der Waals surface area contributed by atoms with Crippen molar-refractivity contribution in [1.82, 2.24) is 14.5 Å². The molecule has 0 atom stereocenters. The van der Waals surface area contributed by atoms with Gasteiger partial charge in [-0.25, -0.2) is 4.98 Å². The summed E-state index contributed by atoms with van der Waals surface area (Å²) < 4.78 is 1.93. The van der Waals surface area contributed by atoms with Gasteiger partial charge in [0.25, 0.3) is 0 Å². The van der Waals surface area contributed by atoms with Gasteiger partial charge < -0.3 is 14.7 Å². The van der Waals surface area contributed by atoms with Crippen molar-refractivity contribution in [3.63, 3.8) is 0 Å². The molecule has 2 heterocycles. The maximum Gasteiger partial charge on any atom is 0.303 e. The van der Waals surface area contributed by atoms with Crippen LogP contribution in [0.15, 0.2) is 42.9 Å². The first-order valence-electron chi connectivity index (χ1n) is 6.06. The molecule has 0 unspecified atom stereocenters. The molecule has 0 radical (unpaired) electrons. The lowest BCUT2D eigenvalue weighted by Crippen LogP contribution is -2.04. The molecule has 0 aliphatic carbocycles. The number of fused-ring (bicyclic) bond motifs is 1. The number of para-hydroxylation sites is 1. The first-order valence-corrected chi connectivity index (χ1v) is 6.06. The van der Waals surface area contributed by atoms with E-state index in [1.165, 1.54) is 0 Å². The van der Waals surface area contributed by atoms with E-state index in [1.54, 1.807) is 6.20 Å². The summed E-state index contributed by atoms with van der Waals surface area (Å²) in [5, 5.41) is 9.86. The molecule has 0 saturated carbocycles. The predicted octanol–water partition coefficient (Wildman–Crippen LogP) is 2.37. The van der Waals surface area contributed by atoms with Gasteiger partial charge in [0, 0.05) is 35.9 Å². The minimum absolute atomic E-state index is 0.0827. The van der Waals surface area contributed by atoms with E-state index in [0.29, 0.717) is 6.42 Å². The molecule has 5 heteroatoms. The Kier molecular flexibility index (Phi) is 2.79. The number of nitrogens with zero attached hydrogens (tertiary/aromatic N) is 2. The zero-order valence-electron chi connectivity index (χ0n) is 10.2. The lowest BCUT2D eigenvalue weighted by atomic mass is 10.2. The van der Waals surface area contributed by atoms with E-state index in [2.05, 4.69) is 9.97 Å². The maximum atomic E-state index is 10.7. The smallest absolute Gasteiger partial charge is 0.303 e. The zero-order valence-corrected chi connectivity index (χ0v) is 10.2. The van der Waals surface area contributed by atoms with E-state index in [1.807, 2.05) is 41.2 Å². The van der Waals surface area contributed by atoms with Crippen molar-refractivity contribution < 1.29 is 9.90 Å². The van der Waals surface area contributed by atoms with E-state index >= 15 is 0 Å². The fourth-order valence-corrected chi connectivity index (χ4v) is 2.21. The highest BCUT2D eigenvalue weighted by Crippen LogP contribution is 2.22. The largest absolute Gasteiger partial charge is 0.481 e. The summed E-state index contributed by atoms with van der Waals surface area (Å²) in [5.41, 5.74) is 2.05. The number of nitrogens with one attached hydrogen (secondary N) is 1. The topological polar surface area (TPSA) is 70.9 Å². The highest BCUT2D eigenvalue weighted by atomic mass is 16.4. The van der Waals surface area contributed by atoms with Crippen molar-refractivity contribution in [2.45, 2.75) is 12.8 Å². The van der Waals surface area contributed by atoms with Crippen LogP contribution in [0.2, 0.25) is 0 Å². The normalized spacial score (nSPS) is 10.9. The van der Waals surface area contributed by atoms with Crippen molar-refractivity contribution in [2.75, 3.05) is 0 Å². The SMILES string of the molecule is O=C(O)CCc1nccn1-c1c[nH]c2ccccc12. The number of carboxylic acid groups (broad SMARTS) is 1. The van der Waals surface area contributed by atoms with Crippen LogP contribution in [-0.4, -0.2) is 25.6 Å². The third-order valence-corrected chi connectivity index (χ3v) is 3.11. The summed E-state index contributed by atoms with van der Waals surface area (Å²) in [6.45, 7) is 0. The average molecular weight is 255 g/mol. The van der Waals surface area contributed by atoms with Gasteiger partial charge in [0.05, 0.1) is 12.1 Å². The van der Waals surface area contributed by atoms with Gasteiger partial charge in [-0.2, -0.15) is 0 Å². The Morgan fingerprint density at radius 3 is 3.05 bits per heavy atom. The molecule has 0 aliphatic rings. The van der Waals surface area contributed by atoms with Gasteiger partial charge >= 0.3 is 5.97 Å². The number of imidazole rings is 1. The highest BCUT2D eigenvalue weighted by molar-refractivity contribution is 5.88. The molecule has 3 rings (SSSR count). The molecule has 0 fully saturated rings. The zero-order chi connectivity index (χ0) is 13.2. The number of aliphatic carboxylic acids is 1. The first-order chi connectivity index (χ1) is 9.25. The van der Waals surface area contributed by atoms with E-state index in [9.17, 15) is 4.79 Å². The Morgan fingerprint density at radius 1 is 1.37 bits per heavy atom. The molecular weight excluding hydrogens is 242 g/mol. The Labute approximate surface area is 109 Å². The minimum atomic E-state index is -0.812. The second-order valence-corrected chi connectivity index (χ2v) is 4.33. The van der Waals surface area contributed by atoms with E-state index < -0.39 is 5.97 Å². The van der Waals surface area contributed by atoms with Crippen LogP contribution in [0.25, 0.3) is 16.6 Å². The standard InChI is InChI=1S/C14H13N3O2/c18-14(19)6-5-13-15-7-8-17(13)12-9-16-11-4-2-1-3-10(11)12/h1-4,7-9,16H,5-6H2,(H,18,19). The van der Waals surface area contributed by atoms with Crippen LogP contribution in [-0.2, 0) is 11.2 Å². The molecule has 5 nitrogen and oxygen atoms in total. The number of hydrogen-bond acceptors (Lipinski definition) is 2. The summed E-state index contributed by atoms with van der Waals surface area (Å²) in [6.07, 6.45) is 5.96. The molecule has 96 valence electrons. The Morgan fingerprint density at radius 2 is 2.21 bits per heavy atom. The van der Waals surface area contributed by atoms with Gasteiger partial charge in [0.2, 0.25) is 0 Å². The summed E-state index contributed by atoms with van der Waals surface area (Å²) >= 11 is 0. The average Bonchev–Trinajstić information content (AvgIpc) is 3.02. The summed E-state index contributed by atoms with van der Waals surface area (Å²) in [6, 6.07) is 7.99. The van der Waals surface area contributed by atoms with Crippen molar-refractivity contribution in [3.05, 3.63) is 48.7 Å². The van der Waals surface area contributed by atoms with Crippen molar-refractivity contribution in [3.8, 4) is 5.69 Å². The molecule has 0 aliphatic heterocycles. The van der Waals surface area contributed by atoms with E-state index in [-0.39, 0.29) is 6.42 Å². The number of benzene rings is 1. The molecule has 0 amide bonds. The molecule has 0 saturated heterocycles. The van der Waals surface area contributed by atoms with Crippen LogP contribution >= 0.6 is 0 Å². The van der Waals surface area contributed by atoms with Gasteiger partial charge in [-0.3, -0.25) is 4.79 Å². The Hall–Kier alpha value is -2.56. The lowest BCUT2D eigenvalue weighted by molar-refractivity contribution is -0.137. The van der Waals surface area contributed by atoms with Crippen molar-refractivity contribution in [2.24, 2.45) is 0 Å². The minimum Gasteiger partial charge on any atom is -0.481 e. The van der Waals surface area contributed by atoms with E-state index in [0.717, 1.165) is 22.4 Å². The molecule has 2 aromatic heterocycles. The maximum absolute atomic E-state index is 10.7.